The summed E-state index contributed by atoms with van der Waals surface area (Å²) in [7, 11) is 0. The van der Waals surface area contributed by atoms with Crippen molar-refractivity contribution in [2.75, 3.05) is 39.4 Å². The zero-order valence-electron chi connectivity index (χ0n) is 16.2. The van der Waals surface area contributed by atoms with E-state index in [0.717, 1.165) is 5.39 Å². The number of likely N-dealkylation sites (tertiary alicyclic amines) is 1. The lowest BCUT2D eigenvalue weighted by Crippen LogP contribution is -2.55. The molecule has 156 valence electrons. The van der Waals surface area contributed by atoms with E-state index in [2.05, 4.69) is 10.00 Å². The molecule has 0 unspecified atom stereocenters. The summed E-state index contributed by atoms with van der Waals surface area (Å²) < 4.78 is 6.55. The Kier molecular flexibility index (Phi) is 5.91. The molecule has 1 aromatic heterocycles. The van der Waals surface area contributed by atoms with Gasteiger partial charge in [-0.05, 0) is 12.5 Å². The van der Waals surface area contributed by atoms with Gasteiger partial charge in [-0.2, -0.15) is 5.10 Å². The van der Waals surface area contributed by atoms with Gasteiger partial charge in [-0.25, -0.2) is 4.68 Å². The maximum absolute atomic E-state index is 13.0. The molecule has 3 atom stereocenters. The van der Waals surface area contributed by atoms with E-state index in [4.69, 9.17) is 4.74 Å². The standard InChI is InChI=1S/C20H26N4O5/c25-17-5-6-23(12-16(19(17)27)22-7-9-29-10-8-22)18(26)13-24-20(28)15-4-2-1-3-14(15)11-21-24/h1-4,11,16-17,19,25,27H,5-10,12-13H2/t16-,17-,19+/m1/s1. The van der Waals surface area contributed by atoms with Gasteiger partial charge in [0, 0.05) is 31.6 Å². The normalized spacial score (nSPS) is 26.4. The average Bonchev–Trinajstić information content (AvgIpc) is 2.90. The summed E-state index contributed by atoms with van der Waals surface area (Å²) >= 11 is 0. The Balaban J connectivity index is 1.53. The maximum atomic E-state index is 13.0. The van der Waals surface area contributed by atoms with Crippen LogP contribution in [0.15, 0.2) is 35.3 Å². The van der Waals surface area contributed by atoms with Crippen LogP contribution in [0.5, 0.6) is 0 Å². The molecule has 4 rings (SSSR count). The molecule has 2 aromatic rings. The SMILES string of the molecule is O=C(Cn1ncc2ccccc2c1=O)N1CC[C@@H](O)[C@@H](O)[C@H](N2CCOCC2)C1. The van der Waals surface area contributed by atoms with E-state index in [9.17, 15) is 19.8 Å². The minimum atomic E-state index is -0.938. The number of nitrogens with zero attached hydrogens (tertiary/aromatic N) is 4. The smallest absolute Gasteiger partial charge is 0.275 e. The first-order valence-corrected chi connectivity index (χ1v) is 9.95. The van der Waals surface area contributed by atoms with E-state index in [1.54, 1.807) is 29.3 Å². The minimum Gasteiger partial charge on any atom is -0.390 e. The van der Waals surface area contributed by atoms with Crippen LogP contribution in [0.4, 0.5) is 0 Å². The fourth-order valence-corrected chi connectivity index (χ4v) is 4.08. The van der Waals surface area contributed by atoms with Gasteiger partial charge < -0.3 is 19.8 Å². The van der Waals surface area contributed by atoms with Crippen molar-refractivity contribution in [1.29, 1.82) is 0 Å². The van der Waals surface area contributed by atoms with Crippen LogP contribution in [0.1, 0.15) is 6.42 Å². The van der Waals surface area contributed by atoms with E-state index in [1.807, 2.05) is 6.07 Å². The van der Waals surface area contributed by atoms with Crippen LogP contribution < -0.4 is 5.56 Å². The fraction of sp³-hybridized carbons (Fsp3) is 0.550. The third kappa shape index (κ3) is 4.18. The topological polar surface area (TPSA) is 108 Å². The molecule has 2 fully saturated rings. The van der Waals surface area contributed by atoms with Gasteiger partial charge >= 0.3 is 0 Å². The number of rotatable bonds is 3. The zero-order valence-corrected chi connectivity index (χ0v) is 16.2. The first kappa shape index (κ1) is 20.0. The summed E-state index contributed by atoms with van der Waals surface area (Å²) in [5, 5.41) is 26.3. The zero-order chi connectivity index (χ0) is 20.4. The molecule has 0 spiro atoms. The van der Waals surface area contributed by atoms with E-state index in [-0.39, 0.29) is 30.5 Å². The Morgan fingerprint density at radius 1 is 1.17 bits per heavy atom. The highest BCUT2D eigenvalue weighted by Crippen LogP contribution is 2.19. The first-order chi connectivity index (χ1) is 14.0. The molecule has 0 bridgehead atoms. The van der Waals surface area contributed by atoms with Crippen molar-refractivity contribution in [2.24, 2.45) is 0 Å². The number of aliphatic hydroxyl groups excluding tert-OH is 2. The predicted octanol–water partition coefficient (Wildman–Crippen LogP) is -0.949. The number of ether oxygens (including phenoxy) is 1. The predicted molar refractivity (Wildman–Crippen MR) is 105 cm³/mol. The van der Waals surface area contributed by atoms with Crippen molar-refractivity contribution in [3.05, 3.63) is 40.8 Å². The minimum absolute atomic E-state index is 0.175. The molecule has 2 saturated heterocycles. The van der Waals surface area contributed by atoms with Gasteiger partial charge in [0.25, 0.3) is 5.56 Å². The monoisotopic (exact) mass is 402 g/mol. The van der Waals surface area contributed by atoms with Crippen molar-refractivity contribution in [2.45, 2.75) is 31.2 Å². The number of carbonyl (C=O) groups is 1. The molecule has 9 heteroatoms. The number of aliphatic hydroxyl groups is 2. The van der Waals surface area contributed by atoms with Gasteiger partial charge in [0.05, 0.1) is 43.0 Å². The second-order valence-corrected chi connectivity index (χ2v) is 7.60. The summed E-state index contributed by atoms with van der Waals surface area (Å²) in [6, 6.07) is 6.76. The van der Waals surface area contributed by atoms with E-state index >= 15 is 0 Å². The molecule has 0 aliphatic carbocycles. The largest absolute Gasteiger partial charge is 0.390 e. The van der Waals surface area contributed by atoms with Crippen molar-refractivity contribution >= 4 is 16.7 Å². The highest BCUT2D eigenvalue weighted by Gasteiger charge is 2.37. The summed E-state index contributed by atoms with van der Waals surface area (Å²) in [5.74, 6) is -0.255. The fourth-order valence-electron chi connectivity index (χ4n) is 4.08. The van der Waals surface area contributed by atoms with Crippen LogP contribution in [0, 0.1) is 0 Å². The Hall–Kier alpha value is -2.33. The molecule has 3 heterocycles. The number of amides is 1. The van der Waals surface area contributed by atoms with Gasteiger partial charge in [-0.1, -0.05) is 18.2 Å². The lowest BCUT2D eigenvalue weighted by Gasteiger charge is -2.38. The lowest BCUT2D eigenvalue weighted by molar-refractivity contribution is -0.133. The number of hydrogen-bond donors (Lipinski definition) is 2. The second kappa shape index (κ2) is 8.58. The maximum Gasteiger partial charge on any atom is 0.275 e. The van der Waals surface area contributed by atoms with E-state index in [0.29, 0.717) is 44.8 Å². The summed E-state index contributed by atoms with van der Waals surface area (Å²) in [5.41, 5.74) is -0.309. The Morgan fingerprint density at radius 3 is 2.72 bits per heavy atom. The van der Waals surface area contributed by atoms with E-state index in [1.165, 1.54) is 4.68 Å². The summed E-state index contributed by atoms with van der Waals surface area (Å²) in [6.45, 7) is 2.84. The number of carbonyl (C=O) groups excluding carboxylic acids is 1. The van der Waals surface area contributed by atoms with Crippen molar-refractivity contribution < 1.29 is 19.7 Å². The third-order valence-corrected chi connectivity index (χ3v) is 5.80. The Labute approximate surface area is 168 Å². The second-order valence-electron chi connectivity index (χ2n) is 7.60. The van der Waals surface area contributed by atoms with Gasteiger partial charge in [0.1, 0.15) is 6.54 Å². The van der Waals surface area contributed by atoms with Crippen LogP contribution in [0.3, 0.4) is 0 Å². The number of morpholine rings is 1. The third-order valence-electron chi connectivity index (χ3n) is 5.80. The Morgan fingerprint density at radius 2 is 1.93 bits per heavy atom. The molecule has 2 aliphatic rings. The lowest BCUT2D eigenvalue weighted by atomic mass is 10.0. The molecule has 1 aromatic carbocycles. The number of aromatic nitrogens is 2. The quantitative estimate of drug-likeness (QED) is 0.682. The van der Waals surface area contributed by atoms with Crippen LogP contribution >= 0.6 is 0 Å². The van der Waals surface area contributed by atoms with E-state index < -0.39 is 12.2 Å². The molecular weight excluding hydrogens is 376 g/mol. The highest BCUT2D eigenvalue weighted by atomic mass is 16.5. The van der Waals surface area contributed by atoms with Gasteiger partial charge in [-0.15, -0.1) is 0 Å². The van der Waals surface area contributed by atoms with Gasteiger partial charge in [0.2, 0.25) is 5.91 Å². The molecule has 29 heavy (non-hydrogen) atoms. The van der Waals surface area contributed by atoms with Crippen molar-refractivity contribution in [3.8, 4) is 0 Å². The molecule has 0 radical (unpaired) electrons. The van der Waals surface area contributed by atoms with Crippen LogP contribution in [0.2, 0.25) is 0 Å². The van der Waals surface area contributed by atoms with Gasteiger partial charge in [-0.3, -0.25) is 14.5 Å². The first-order valence-electron chi connectivity index (χ1n) is 9.95. The summed E-state index contributed by atoms with van der Waals surface area (Å²) in [4.78, 5) is 29.3. The molecular formula is C20H26N4O5. The summed E-state index contributed by atoms with van der Waals surface area (Å²) in [6.07, 6.45) is 0.0270. The molecule has 2 N–H and O–H groups in total. The van der Waals surface area contributed by atoms with Crippen LogP contribution in [0.25, 0.3) is 10.8 Å². The number of benzene rings is 1. The Bertz CT molecular complexity index is 926. The average molecular weight is 402 g/mol. The molecule has 0 saturated carbocycles. The molecule has 1 amide bonds. The van der Waals surface area contributed by atoms with Crippen molar-refractivity contribution in [1.82, 2.24) is 19.6 Å². The molecule has 2 aliphatic heterocycles. The number of hydrogen-bond acceptors (Lipinski definition) is 7. The van der Waals surface area contributed by atoms with Crippen LogP contribution in [-0.4, -0.2) is 93.3 Å². The van der Waals surface area contributed by atoms with Crippen molar-refractivity contribution in [3.63, 3.8) is 0 Å². The highest BCUT2D eigenvalue weighted by molar-refractivity contribution is 5.81. The molecule has 9 nitrogen and oxygen atoms in total. The van der Waals surface area contributed by atoms with Crippen LogP contribution in [-0.2, 0) is 16.1 Å². The number of fused-ring (bicyclic) bond motifs is 1. The van der Waals surface area contributed by atoms with Gasteiger partial charge in [0.15, 0.2) is 0 Å².